The molecule has 2 atom stereocenters. The Kier molecular flexibility index (Phi) is 9.37. The number of nitrogens with zero attached hydrogens (tertiary/aromatic N) is 4. The summed E-state index contributed by atoms with van der Waals surface area (Å²) in [5.41, 5.74) is 2.36. The number of rotatable bonds is 10. The minimum atomic E-state index is 0.414. The van der Waals surface area contributed by atoms with E-state index in [0.29, 0.717) is 38.3 Å². The van der Waals surface area contributed by atoms with E-state index in [1.165, 1.54) is 11.1 Å². The fourth-order valence-corrected chi connectivity index (χ4v) is 3.96. The molecule has 2 heterocycles. The number of hydrogen-bond donors (Lipinski definition) is 1. The number of aromatic nitrogens is 2. The Morgan fingerprint density at radius 3 is 2.84 bits per heavy atom. The quantitative estimate of drug-likeness (QED) is 0.357. The zero-order chi connectivity index (χ0) is 21.9. The Hall–Kier alpha value is -2.38. The van der Waals surface area contributed by atoms with Gasteiger partial charge in [0.05, 0.1) is 38.7 Å². The molecule has 3 rings (SSSR count). The second-order valence-electron chi connectivity index (χ2n) is 8.03. The van der Waals surface area contributed by atoms with Gasteiger partial charge in [0, 0.05) is 38.6 Å². The number of aliphatic imine (C=N–C) groups is 1. The van der Waals surface area contributed by atoms with Crippen molar-refractivity contribution in [3.05, 3.63) is 54.1 Å². The van der Waals surface area contributed by atoms with Crippen LogP contribution in [-0.2, 0) is 22.6 Å². The van der Waals surface area contributed by atoms with Crippen molar-refractivity contribution >= 4 is 5.96 Å². The maximum atomic E-state index is 5.70. The largest absolute Gasteiger partial charge is 0.379 e. The van der Waals surface area contributed by atoms with Crippen molar-refractivity contribution < 1.29 is 9.47 Å². The van der Waals surface area contributed by atoms with Crippen LogP contribution in [0.3, 0.4) is 0 Å². The molecule has 31 heavy (non-hydrogen) atoms. The Balaban J connectivity index is 1.61. The van der Waals surface area contributed by atoms with Gasteiger partial charge in [0.15, 0.2) is 5.96 Å². The Morgan fingerprint density at radius 1 is 1.23 bits per heavy atom. The first-order chi connectivity index (χ1) is 15.2. The molecule has 1 aliphatic heterocycles. The van der Waals surface area contributed by atoms with Crippen LogP contribution in [0, 0.1) is 5.92 Å². The number of benzene rings is 1. The van der Waals surface area contributed by atoms with Gasteiger partial charge < -0.3 is 24.3 Å². The minimum absolute atomic E-state index is 0.414. The van der Waals surface area contributed by atoms with E-state index in [-0.39, 0.29) is 0 Å². The summed E-state index contributed by atoms with van der Waals surface area (Å²) in [6, 6.07) is 8.90. The van der Waals surface area contributed by atoms with Crippen molar-refractivity contribution in [3.8, 4) is 0 Å². The van der Waals surface area contributed by atoms with Crippen LogP contribution < -0.4 is 5.32 Å². The van der Waals surface area contributed by atoms with Gasteiger partial charge in [-0.3, -0.25) is 0 Å². The van der Waals surface area contributed by atoms with Gasteiger partial charge in [-0.25, -0.2) is 9.98 Å². The molecule has 1 N–H and O–H groups in total. The van der Waals surface area contributed by atoms with Crippen molar-refractivity contribution in [1.82, 2.24) is 19.8 Å². The summed E-state index contributed by atoms with van der Waals surface area (Å²) in [7, 11) is 0. The van der Waals surface area contributed by atoms with Crippen LogP contribution in [-0.4, -0.2) is 59.9 Å². The van der Waals surface area contributed by atoms with Crippen LogP contribution >= 0.6 is 0 Å². The van der Waals surface area contributed by atoms with Crippen LogP contribution in [0.4, 0.5) is 0 Å². The summed E-state index contributed by atoms with van der Waals surface area (Å²) >= 11 is 0. The van der Waals surface area contributed by atoms with E-state index in [9.17, 15) is 0 Å². The third kappa shape index (κ3) is 7.08. The van der Waals surface area contributed by atoms with Gasteiger partial charge in [0.2, 0.25) is 0 Å². The second-order valence-corrected chi connectivity index (χ2v) is 8.03. The lowest BCUT2D eigenvalue weighted by Gasteiger charge is -2.39. The third-order valence-electron chi connectivity index (χ3n) is 5.71. The molecule has 2 aromatic rings. The topological polar surface area (TPSA) is 63.9 Å². The number of likely N-dealkylation sites (tertiary alicyclic amines) is 1. The summed E-state index contributed by atoms with van der Waals surface area (Å²) < 4.78 is 13.3. The fraction of sp³-hybridized carbons (Fsp3) is 0.583. The zero-order valence-corrected chi connectivity index (χ0v) is 19.2. The monoisotopic (exact) mass is 427 g/mol. The van der Waals surface area contributed by atoms with E-state index < -0.39 is 0 Å². The third-order valence-corrected chi connectivity index (χ3v) is 5.71. The maximum absolute atomic E-state index is 5.70. The fourth-order valence-electron chi connectivity index (χ4n) is 3.96. The molecule has 7 nitrogen and oxygen atoms in total. The van der Waals surface area contributed by atoms with Gasteiger partial charge in [-0.05, 0) is 37.3 Å². The number of imidazole rings is 1. The lowest BCUT2D eigenvalue weighted by Crippen LogP contribution is -2.49. The number of nitrogens with one attached hydrogen (secondary N) is 1. The summed E-state index contributed by atoms with van der Waals surface area (Å²) in [6.45, 7) is 12.5. The molecule has 1 saturated heterocycles. The first-order valence-electron chi connectivity index (χ1n) is 11.4. The maximum Gasteiger partial charge on any atom is 0.194 e. The van der Waals surface area contributed by atoms with Crippen LogP contribution in [0.1, 0.15) is 44.4 Å². The van der Waals surface area contributed by atoms with Crippen molar-refractivity contribution in [2.75, 3.05) is 39.5 Å². The van der Waals surface area contributed by atoms with Crippen LogP contribution in [0.15, 0.2) is 48.0 Å². The van der Waals surface area contributed by atoms with E-state index in [4.69, 9.17) is 14.5 Å². The molecule has 2 unspecified atom stereocenters. The highest BCUT2D eigenvalue weighted by Gasteiger charge is 2.28. The molecule has 0 amide bonds. The van der Waals surface area contributed by atoms with Gasteiger partial charge in [0.25, 0.3) is 0 Å². The molecule has 1 aliphatic rings. The molecular formula is C24H37N5O2. The van der Waals surface area contributed by atoms with Gasteiger partial charge in [-0.15, -0.1) is 0 Å². The van der Waals surface area contributed by atoms with Crippen molar-refractivity contribution in [1.29, 1.82) is 0 Å². The van der Waals surface area contributed by atoms with E-state index in [1.807, 2.05) is 19.4 Å². The highest BCUT2D eigenvalue weighted by atomic mass is 16.5. The zero-order valence-electron chi connectivity index (χ0n) is 19.2. The summed E-state index contributed by atoms with van der Waals surface area (Å²) in [5.74, 6) is 1.60. The van der Waals surface area contributed by atoms with Crippen LogP contribution in [0.2, 0.25) is 0 Å². The van der Waals surface area contributed by atoms with Crippen molar-refractivity contribution in [3.63, 3.8) is 0 Å². The second kappa shape index (κ2) is 12.5. The smallest absolute Gasteiger partial charge is 0.194 e. The molecule has 0 saturated carbocycles. The number of guanidine groups is 1. The van der Waals surface area contributed by atoms with Gasteiger partial charge in [-0.2, -0.15) is 0 Å². The molecule has 1 fully saturated rings. The molecule has 0 bridgehead atoms. The first kappa shape index (κ1) is 23.3. The van der Waals surface area contributed by atoms with E-state index in [1.54, 1.807) is 0 Å². The molecule has 1 aromatic heterocycles. The number of hydrogen-bond acceptors (Lipinski definition) is 4. The molecule has 1 aromatic carbocycles. The lowest BCUT2D eigenvalue weighted by atomic mass is 9.93. The van der Waals surface area contributed by atoms with Crippen molar-refractivity contribution in [2.45, 2.75) is 46.4 Å². The summed E-state index contributed by atoms with van der Waals surface area (Å²) in [4.78, 5) is 11.6. The van der Waals surface area contributed by atoms with Crippen LogP contribution in [0.25, 0.3) is 0 Å². The molecule has 0 radical (unpaired) electrons. The minimum Gasteiger partial charge on any atom is -0.379 e. The molecule has 170 valence electrons. The Labute approximate surface area is 186 Å². The first-order valence-corrected chi connectivity index (χ1v) is 11.4. The van der Waals surface area contributed by atoms with Gasteiger partial charge >= 0.3 is 0 Å². The number of ether oxygens (including phenoxy) is 2. The lowest BCUT2D eigenvalue weighted by molar-refractivity contribution is 0.0453. The molecule has 0 aliphatic carbocycles. The number of piperidine rings is 1. The molecular weight excluding hydrogens is 390 g/mol. The molecule has 0 spiro atoms. The Morgan fingerprint density at radius 2 is 2.06 bits per heavy atom. The van der Waals surface area contributed by atoms with Crippen LogP contribution in [0.5, 0.6) is 0 Å². The van der Waals surface area contributed by atoms with Gasteiger partial charge in [0.1, 0.15) is 0 Å². The Bertz CT molecular complexity index is 793. The van der Waals surface area contributed by atoms with E-state index in [2.05, 4.69) is 64.1 Å². The average Bonchev–Trinajstić information content (AvgIpc) is 3.32. The van der Waals surface area contributed by atoms with E-state index in [0.717, 1.165) is 38.6 Å². The average molecular weight is 428 g/mol. The van der Waals surface area contributed by atoms with Gasteiger partial charge in [-0.1, -0.05) is 31.2 Å². The van der Waals surface area contributed by atoms with Crippen molar-refractivity contribution in [2.24, 2.45) is 10.9 Å². The summed E-state index contributed by atoms with van der Waals surface area (Å²) in [5, 5.41) is 3.48. The van der Waals surface area contributed by atoms with E-state index >= 15 is 0 Å². The summed E-state index contributed by atoms with van der Waals surface area (Å²) in [6.07, 6.45) is 6.99. The highest BCUT2D eigenvalue weighted by Crippen LogP contribution is 2.27. The predicted molar refractivity (Wildman–Crippen MR) is 124 cm³/mol. The standard InChI is InChI=1S/C24H37N5O2/c1-4-26-24(28-11-9-20(3)23(17-28)29-12-10-25-19-29)27-16-21-7-6-8-22(15-21)18-31-14-13-30-5-2/h6-8,10,12,15,19-20,23H,4-5,9,11,13-14,16-18H2,1-3H3,(H,26,27). The predicted octanol–water partition coefficient (Wildman–Crippen LogP) is 3.48. The highest BCUT2D eigenvalue weighted by molar-refractivity contribution is 5.80. The molecule has 7 heteroatoms. The normalized spacial score (nSPS) is 19.6. The SMILES string of the molecule is CCNC(=NCc1cccc(COCCOCC)c1)N1CCC(C)C(n2ccnc2)C1.